The standard InChI is InChI=1S/C12H11BrClN3O/c13-12-15-11-10(6-3-7-17(11)16-12)18-9-5-2-1-4-8(9)14/h1-2,4-5,10H,3,6-7H2. The first-order chi connectivity index (χ1) is 8.74. The van der Waals surface area contributed by atoms with Crippen molar-refractivity contribution in [2.24, 2.45) is 0 Å². The van der Waals surface area contributed by atoms with Crippen LogP contribution in [-0.4, -0.2) is 14.8 Å². The van der Waals surface area contributed by atoms with Crippen LogP contribution in [-0.2, 0) is 6.54 Å². The Morgan fingerprint density at radius 3 is 3.06 bits per heavy atom. The third kappa shape index (κ3) is 2.24. The van der Waals surface area contributed by atoms with Gasteiger partial charge in [0.15, 0.2) is 11.9 Å². The van der Waals surface area contributed by atoms with Gasteiger partial charge in [-0.2, -0.15) is 0 Å². The Bertz CT molecular complexity index is 572. The molecule has 0 aliphatic carbocycles. The molecule has 1 aromatic heterocycles. The van der Waals surface area contributed by atoms with E-state index in [0.717, 1.165) is 25.2 Å². The average molecular weight is 329 g/mol. The predicted molar refractivity (Wildman–Crippen MR) is 71.8 cm³/mol. The number of rotatable bonds is 2. The van der Waals surface area contributed by atoms with Gasteiger partial charge < -0.3 is 4.74 Å². The number of ether oxygens (including phenoxy) is 1. The highest BCUT2D eigenvalue weighted by Crippen LogP contribution is 2.32. The maximum absolute atomic E-state index is 6.10. The molecule has 6 heteroatoms. The monoisotopic (exact) mass is 327 g/mol. The average Bonchev–Trinajstić information content (AvgIpc) is 2.73. The first kappa shape index (κ1) is 12.0. The van der Waals surface area contributed by atoms with E-state index in [1.54, 1.807) is 0 Å². The van der Waals surface area contributed by atoms with Gasteiger partial charge in [-0.15, -0.1) is 5.10 Å². The normalized spacial score (nSPS) is 18.4. The predicted octanol–water partition coefficient (Wildman–Crippen LogP) is 3.61. The maximum Gasteiger partial charge on any atom is 0.217 e. The van der Waals surface area contributed by atoms with E-state index < -0.39 is 0 Å². The van der Waals surface area contributed by atoms with Crippen molar-refractivity contribution in [2.45, 2.75) is 25.5 Å². The van der Waals surface area contributed by atoms with Gasteiger partial charge in [0.05, 0.1) is 5.02 Å². The SMILES string of the molecule is Clc1ccccc1OC1CCCn2nc(Br)nc21. The number of fused-ring (bicyclic) bond motifs is 1. The smallest absolute Gasteiger partial charge is 0.217 e. The largest absolute Gasteiger partial charge is 0.481 e. The number of para-hydroxylation sites is 1. The summed E-state index contributed by atoms with van der Waals surface area (Å²) in [6, 6.07) is 7.48. The molecule has 1 aliphatic rings. The van der Waals surface area contributed by atoms with Gasteiger partial charge in [-0.25, -0.2) is 9.67 Å². The first-order valence-corrected chi connectivity index (χ1v) is 6.92. The van der Waals surface area contributed by atoms with E-state index in [-0.39, 0.29) is 6.10 Å². The summed E-state index contributed by atoms with van der Waals surface area (Å²) in [7, 11) is 0. The fraction of sp³-hybridized carbons (Fsp3) is 0.333. The van der Waals surface area contributed by atoms with Gasteiger partial charge in [0, 0.05) is 6.54 Å². The van der Waals surface area contributed by atoms with Crippen molar-refractivity contribution in [1.29, 1.82) is 0 Å². The Morgan fingerprint density at radius 2 is 2.22 bits per heavy atom. The van der Waals surface area contributed by atoms with Gasteiger partial charge >= 0.3 is 0 Å². The molecule has 94 valence electrons. The lowest BCUT2D eigenvalue weighted by Crippen LogP contribution is -2.21. The van der Waals surface area contributed by atoms with Gasteiger partial charge in [-0.1, -0.05) is 23.7 Å². The highest BCUT2D eigenvalue weighted by Gasteiger charge is 2.25. The van der Waals surface area contributed by atoms with Crippen LogP contribution in [0.15, 0.2) is 29.0 Å². The number of nitrogens with zero attached hydrogens (tertiary/aromatic N) is 3. The number of aryl methyl sites for hydroxylation is 1. The zero-order chi connectivity index (χ0) is 12.5. The summed E-state index contributed by atoms with van der Waals surface area (Å²) in [5.74, 6) is 1.55. The molecule has 2 heterocycles. The molecular formula is C12H11BrClN3O. The fourth-order valence-corrected chi connectivity index (χ4v) is 2.64. The van der Waals surface area contributed by atoms with E-state index >= 15 is 0 Å². The van der Waals surface area contributed by atoms with E-state index in [9.17, 15) is 0 Å². The summed E-state index contributed by atoms with van der Waals surface area (Å²) < 4.78 is 8.44. The van der Waals surface area contributed by atoms with Crippen molar-refractivity contribution in [3.63, 3.8) is 0 Å². The fourth-order valence-electron chi connectivity index (χ4n) is 2.09. The molecule has 1 atom stereocenters. The maximum atomic E-state index is 6.10. The molecular weight excluding hydrogens is 318 g/mol. The van der Waals surface area contributed by atoms with Gasteiger partial charge in [0.2, 0.25) is 4.73 Å². The third-order valence-electron chi connectivity index (χ3n) is 2.90. The number of aromatic nitrogens is 3. The molecule has 3 rings (SSSR count). The quantitative estimate of drug-likeness (QED) is 0.845. The van der Waals surface area contributed by atoms with Crippen molar-refractivity contribution in [3.8, 4) is 5.75 Å². The van der Waals surface area contributed by atoms with E-state index in [4.69, 9.17) is 16.3 Å². The van der Waals surface area contributed by atoms with Crippen LogP contribution in [0.25, 0.3) is 0 Å². The van der Waals surface area contributed by atoms with Crippen LogP contribution >= 0.6 is 27.5 Å². The Kier molecular flexibility index (Phi) is 3.26. The molecule has 0 fully saturated rings. The number of benzene rings is 1. The molecule has 1 aliphatic heterocycles. The van der Waals surface area contributed by atoms with Crippen LogP contribution in [0.2, 0.25) is 5.02 Å². The molecule has 4 nitrogen and oxygen atoms in total. The van der Waals surface area contributed by atoms with Crippen LogP contribution in [0.3, 0.4) is 0 Å². The minimum Gasteiger partial charge on any atom is -0.481 e. The lowest BCUT2D eigenvalue weighted by atomic mass is 10.1. The first-order valence-electron chi connectivity index (χ1n) is 5.75. The van der Waals surface area contributed by atoms with E-state index in [1.807, 2.05) is 28.9 Å². The number of hydrogen-bond acceptors (Lipinski definition) is 3. The minimum atomic E-state index is -0.0857. The van der Waals surface area contributed by atoms with Crippen LogP contribution < -0.4 is 4.74 Å². The summed E-state index contributed by atoms with van der Waals surface area (Å²) in [5.41, 5.74) is 0. The van der Waals surface area contributed by atoms with Gasteiger partial charge in [-0.3, -0.25) is 0 Å². The highest BCUT2D eigenvalue weighted by molar-refractivity contribution is 9.10. The molecule has 1 unspecified atom stereocenters. The van der Waals surface area contributed by atoms with Crippen LogP contribution in [0, 0.1) is 0 Å². The molecule has 0 amide bonds. The molecule has 0 N–H and O–H groups in total. The van der Waals surface area contributed by atoms with Gasteiger partial charge in [-0.05, 0) is 40.9 Å². The van der Waals surface area contributed by atoms with Crippen molar-refractivity contribution in [2.75, 3.05) is 0 Å². The van der Waals surface area contributed by atoms with Crippen molar-refractivity contribution in [1.82, 2.24) is 14.8 Å². The topological polar surface area (TPSA) is 39.9 Å². The Balaban J connectivity index is 1.88. The summed E-state index contributed by atoms with van der Waals surface area (Å²) >= 11 is 9.39. The zero-order valence-corrected chi connectivity index (χ0v) is 11.9. The summed E-state index contributed by atoms with van der Waals surface area (Å²) in [5, 5.41) is 4.89. The lowest BCUT2D eigenvalue weighted by Gasteiger charge is -2.23. The molecule has 1 aromatic carbocycles. The summed E-state index contributed by atoms with van der Waals surface area (Å²) in [6.45, 7) is 0.885. The molecule has 0 saturated heterocycles. The van der Waals surface area contributed by atoms with Gasteiger partial charge in [0.1, 0.15) is 5.75 Å². The molecule has 2 aromatic rings. The van der Waals surface area contributed by atoms with Crippen LogP contribution in [0.5, 0.6) is 5.75 Å². The Labute approximate surface area is 118 Å². The summed E-state index contributed by atoms with van der Waals surface area (Å²) in [4.78, 5) is 4.36. The summed E-state index contributed by atoms with van der Waals surface area (Å²) in [6.07, 6.45) is 1.87. The van der Waals surface area contributed by atoms with E-state index in [2.05, 4.69) is 26.0 Å². The Hall–Kier alpha value is -1.07. The Morgan fingerprint density at radius 1 is 1.39 bits per heavy atom. The second-order valence-corrected chi connectivity index (χ2v) is 5.26. The highest BCUT2D eigenvalue weighted by atomic mass is 79.9. The lowest BCUT2D eigenvalue weighted by molar-refractivity contribution is 0.155. The minimum absolute atomic E-state index is 0.0857. The molecule has 0 spiro atoms. The zero-order valence-electron chi connectivity index (χ0n) is 9.51. The van der Waals surface area contributed by atoms with E-state index in [0.29, 0.717) is 15.5 Å². The number of hydrogen-bond donors (Lipinski definition) is 0. The van der Waals surface area contributed by atoms with Crippen molar-refractivity contribution >= 4 is 27.5 Å². The van der Waals surface area contributed by atoms with Crippen LogP contribution in [0.4, 0.5) is 0 Å². The molecule has 0 bridgehead atoms. The number of halogens is 2. The van der Waals surface area contributed by atoms with Crippen molar-refractivity contribution < 1.29 is 4.74 Å². The molecule has 0 radical (unpaired) electrons. The van der Waals surface area contributed by atoms with E-state index in [1.165, 1.54) is 0 Å². The molecule has 18 heavy (non-hydrogen) atoms. The van der Waals surface area contributed by atoms with Crippen LogP contribution in [0.1, 0.15) is 24.8 Å². The second-order valence-electron chi connectivity index (χ2n) is 4.14. The van der Waals surface area contributed by atoms with Crippen molar-refractivity contribution in [3.05, 3.63) is 39.8 Å². The van der Waals surface area contributed by atoms with Gasteiger partial charge in [0.25, 0.3) is 0 Å². The second kappa shape index (κ2) is 4.90. The third-order valence-corrected chi connectivity index (χ3v) is 3.55. The molecule has 0 saturated carbocycles.